The highest BCUT2D eigenvalue weighted by Crippen LogP contribution is 2.28. The predicted octanol–water partition coefficient (Wildman–Crippen LogP) is 2.64. The molecular formula is C16H25N3OS. The first kappa shape index (κ1) is 16.2. The second-order valence-electron chi connectivity index (χ2n) is 5.74. The van der Waals surface area contributed by atoms with Crippen molar-refractivity contribution in [1.82, 2.24) is 15.1 Å². The van der Waals surface area contributed by atoms with E-state index in [-0.39, 0.29) is 6.03 Å². The zero-order chi connectivity index (χ0) is 15.2. The largest absolute Gasteiger partial charge is 0.337 e. The summed E-state index contributed by atoms with van der Waals surface area (Å²) in [6.07, 6.45) is 4.33. The van der Waals surface area contributed by atoms with Gasteiger partial charge in [-0.25, -0.2) is 4.79 Å². The van der Waals surface area contributed by atoms with Crippen LogP contribution in [0, 0.1) is 0 Å². The average Bonchev–Trinajstić information content (AvgIpc) is 3.29. The lowest BCUT2D eigenvalue weighted by Gasteiger charge is -2.23. The molecule has 0 spiro atoms. The molecule has 5 heteroatoms. The summed E-state index contributed by atoms with van der Waals surface area (Å²) in [7, 11) is 4.02. The maximum Gasteiger partial charge on any atom is 0.317 e. The van der Waals surface area contributed by atoms with Gasteiger partial charge in [0.25, 0.3) is 0 Å². The van der Waals surface area contributed by atoms with Crippen LogP contribution < -0.4 is 5.32 Å². The fourth-order valence-corrected chi connectivity index (χ4v) is 2.58. The van der Waals surface area contributed by atoms with E-state index < -0.39 is 0 Å². The Hall–Kier alpha value is -1.20. The molecule has 21 heavy (non-hydrogen) atoms. The van der Waals surface area contributed by atoms with E-state index in [4.69, 9.17) is 0 Å². The normalized spacial score (nSPS) is 14.3. The molecule has 0 heterocycles. The van der Waals surface area contributed by atoms with Crippen LogP contribution in [0.1, 0.15) is 18.4 Å². The predicted molar refractivity (Wildman–Crippen MR) is 88.7 cm³/mol. The van der Waals surface area contributed by atoms with E-state index in [2.05, 4.69) is 40.7 Å². The van der Waals surface area contributed by atoms with Crippen molar-refractivity contribution in [2.45, 2.75) is 30.3 Å². The van der Waals surface area contributed by atoms with Crippen LogP contribution >= 0.6 is 11.8 Å². The van der Waals surface area contributed by atoms with Crippen LogP contribution in [0.5, 0.6) is 0 Å². The van der Waals surface area contributed by atoms with Crippen LogP contribution in [-0.2, 0) is 6.54 Å². The van der Waals surface area contributed by atoms with E-state index in [0.29, 0.717) is 19.1 Å². The fourth-order valence-electron chi connectivity index (χ4n) is 2.17. The quantitative estimate of drug-likeness (QED) is 0.787. The van der Waals surface area contributed by atoms with Crippen molar-refractivity contribution in [3.8, 4) is 0 Å². The highest BCUT2D eigenvalue weighted by molar-refractivity contribution is 7.98. The summed E-state index contributed by atoms with van der Waals surface area (Å²) >= 11 is 1.74. The number of urea groups is 1. The van der Waals surface area contributed by atoms with Crippen LogP contribution in [0.2, 0.25) is 0 Å². The minimum atomic E-state index is 0.0632. The summed E-state index contributed by atoms with van der Waals surface area (Å²) in [6.45, 7) is 2.26. The van der Waals surface area contributed by atoms with E-state index in [1.807, 2.05) is 19.0 Å². The molecule has 0 radical (unpaired) electrons. The summed E-state index contributed by atoms with van der Waals surface area (Å²) in [5.41, 5.74) is 1.20. The van der Waals surface area contributed by atoms with Crippen LogP contribution in [0.3, 0.4) is 0 Å². The molecule has 1 N–H and O–H groups in total. The van der Waals surface area contributed by atoms with Gasteiger partial charge in [-0.15, -0.1) is 11.8 Å². The van der Waals surface area contributed by atoms with Crippen molar-refractivity contribution >= 4 is 17.8 Å². The number of thioether (sulfide) groups is 1. The number of hydrogen-bond donors (Lipinski definition) is 1. The third-order valence-electron chi connectivity index (χ3n) is 3.60. The number of hydrogen-bond acceptors (Lipinski definition) is 3. The number of carbonyl (C=O) groups excluding carboxylic acids is 1. The van der Waals surface area contributed by atoms with E-state index in [0.717, 1.165) is 19.4 Å². The Labute approximate surface area is 131 Å². The molecule has 1 saturated carbocycles. The molecule has 1 aromatic carbocycles. The number of carbonyl (C=O) groups is 1. The molecule has 2 rings (SSSR count). The molecule has 4 nitrogen and oxygen atoms in total. The first-order valence-electron chi connectivity index (χ1n) is 7.42. The standard InChI is InChI=1S/C16H25N3OS/c1-18(2)11-10-17-16(20)19(14-6-7-14)12-13-4-8-15(21-3)9-5-13/h4-5,8-9,14H,6-7,10-12H2,1-3H3,(H,17,20). The van der Waals surface area contributed by atoms with E-state index in [1.165, 1.54) is 10.5 Å². The maximum absolute atomic E-state index is 12.3. The molecule has 0 aliphatic heterocycles. The number of nitrogens with zero attached hydrogens (tertiary/aromatic N) is 2. The zero-order valence-corrected chi connectivity index (χ0v) is 13.9. The van der Waals surface area contributed by atoms with Gasteiger partial charge in [0.1, 0.15) is 0 Å². The molecule has 1 aromatic rings. The molecule has 0 saturated heterocycles. The zero-order valence-electron chi connectivity index (χ0n) is 13.1. The molecule has 0 atom stereocenters. The van der Waals surface area contributed by atoms with Gasteiger partial charge in [-0.05, 0) is 50.9 Å². The highest BCUT2D eigenvalue weighted by Gasteiger charge is 2.32. The minimum Gasteiger partial charge on any atom is -0.337 e. The number of benzene rings is 1. The molecule has 1 aliphatic carbocycles. The number of rotatable bonds is 7. The molecule has 1 fully saturated rings. The molecule has 1 aliphatic rings. The summed E-state index contributed by atoms with van der Waals surface area (Å²) in [5.74, 6) is 0. The van der Waals surface area contributed by atoms with Crippen LogP contribution in [-0.4, -0.2) is 55.3 Å². The summed E-state index contributed by atoms with van der Waals surface area (Å²) in [6, 6.07) is 8.96. The molecule has 2 amide bonds. The number of nitrogens with one attached hydrogen (secondary N) is 1. The Balaban J connectivity index is 1.90. The Morgan fingerprint density at radius 1 is 1.29 bits per heavy atom. The Bertz CT molecular complexity index is 457. The van der Waals surface area contributed by atoms with E-state index in [1.54, 1.807) is 11.8 Å². The number of amides is 2. The van der Waals surface area contributed by atoms with Gasteiger partial charge in [0, 0.05) is 30.6 Å². The van der Waals surface area contributed by atoms with Gasteiger partial charge in [-0.3, -0.25) is 0 Å². The van der Waals surface area contributed by atoms with Crippen LogP contribution in [0.4, 0.5) is 4.79 Å². The SMILES string of the molecule is CSc1ccc(CN(C(=O)NCCN(C)C)C2CC2)cc1. The van der Waals surface area contributed by atoms with Crippen molar-refractivity contribution in [2.75, 3.05) is 33.4 Å². The van der Waals surface area contributed by atoms with Gasteiger partial charge in [-0.2, -0.15) is 0 Å². The molecule has 0 bridgehead atoms. The minimum absolute atomic E-state index is 0.0632. The monoisotopic (exact) mass is 307 g/mol. The van der Waals surface area contributed by atoms with Crippen LogP contribution in [0.25, 0.3) is 0 Å². The molecule has 0 aromatic heterocycles. The number of likely N-dealkylation sites (N-methyl/N-ethyl adjacent to an activating group) is 1. The summed E-state index contributed by atoms with van der Waals surface area (Å²) in [5, 5.41) is 3.02. The lowest BCUT2D eigenvalue weighted by atomic mass is 10.2. The summed E-state index contributed by atoms with van der Waals surface area (Å²) in [4.78, 5) is 17.6. The van der Waals surface area contributed by atoms with Crippen molar-refractivity contribution in [3.63, 3.8) is 0 Å². The topological polar surface area (TPSA) is 35.6 Å². The lowest BCUT2D eigenvalue weighted by Crippen LogP contribution is -2.43. The molecule has 0 unspecified atom stereocenters. The Morgan fingerprint density at radius 3 is 2.48 bits per heavy atom. The van der Waals surface area contributed by atoms with Crippen LogP contribution in [0.15, 0.2) is 29.2 Å². The maximum atomic E-state index is 12.3. The van der Waals surface area contributed by atoms with Crippen molar-refractivity contribution < 1.29 is 4.79 Å². The highest BCUT2D eigenvalue weighted by atomic mass is 32.2. The fraction of sp³-hybridized carbons (Fsp3) is 0.562. The van der Waals surface area contributed by atoms with Crippen molar-refractivity contribution in [1.29, 1.82) is 0 Å². The first-order chi connectivity index (χ1) is 10.1. The van der Waals surface area contributed by atoms with Gasteiger partial charge in [0.05, 0.1) is 0 Å². The van der Waals surface area contributed by atoms with Crippen molar-refractivity contribution in [2.24, 2.45) is 0 Å². The van der Waals surface area contributed by atoms with Gasteiger partial charge in [0.2, 0.25) is 0 Å². The second-order valence-corrected chi connectivity index (χ2v) is 6.62. The first-order valence-corrected chi connectivity index (χ1v) is 8.64. The smallest absolute Gasteiger partial charge is 0.317 e. The average molecular weight is 307 g/mol. The van der Waals surface area contributed by atoms with Gasteiger partial charge in [0.15, 0.2) is 0 Å². The van der Waals surface area contributed by atoms with Crippen molar-refractivity contribution in [3.05, 3.63) is 29.8 Å². The summed E-state index contributed by atoms with van der Waals surface area (Å²) < 4.78 is 0. The van der Waals surface area contributed by atoms with E-state index in [9.17, 15) is 4.79 Å². The van der Waals surface area contributed by atoms with Gasteiger partial charge in [-0.1, -0.05) is 12.1 Å². The second kappa shape index (κ2) is 7.71. The molecule has 116 valence electrons. The third-order valence-corrected chi connectivity index (χ3v) is 4.34. The van der Waals surface area contributed by atoms with Gasteiger partial charge >= 0.3 is 6.03 Å². The Morgan fingerprint density at radius 2 is 1.95 bits per heavy atom. The van der Waals surface area contributed by atoms with Gasteiger partial charge < -0.3 is 15.1 Å². The lowest BCUT2D eigenvalue weighted by molar-refractivity contribution is 0.191. The Kier molecular flexibility index (Phi) is 5.94. The third kappa shape index (κ3) is 5.25. The van der Waals surface area contributed by atoms with E-state index >= 15 is 0 Å². The molecular weight excluding hydrogens is 282 g/mol.